The molecule has 1 saturated heterocycles. The van der Waals surface area contributed by atoms with Gasteiger partial charge < -0.3 is 9.64 Å². The molecule has 6 nitrogen and oxygen atoms in total. The summed E-state index contributed by atoms with van der Waals surface area (Å²) in [6, 6.07) is 8.89. The van der Waals surface area contributed by atoms with Gasteiger partial charge >= 0.3 is 0 Å². The van der Waals surface area contributed by atoms with Gasteiger partial charge in [-0.05, 0) is 17.7 Å². The number of rotatable bonds is 2. The Balaban J connectivity index is 1.80. The van der Waals surface area contributed by atoms with Crippen molar-refractivity contribution in [2.24, 2.45) is 0 Å². The molecule has 1 fully saturated rings. The van der Waals surface area contributed by atoms with Crippen molar-refractivity contribution in [3.05, 3.63) is 42.2 Å². The maximum Gasteiger partial charge on any atom is 0.255 e. The van der Waals surface area contributed by atoms with Crippen LogP contribution in [0, 0.1) is 11.3 Å². The minimum Gasteiger partial charge on any atom is -0.376 e. The van der Waals surface area contributed by atoms with Crippen molar-refractivity contribution >= 4 is 5.91 Å². The lowest BCUT2D eigenvalue weighted by atomic mass is 10.1. The van der Waals surface area contributed by atoms with Gasteiger partial charge in [-0.2, -0.15) is 10.4 Å². The SMILES string of the molecule is N#CC1COCCN1C(=O)c1ccc(-c2cn[nH]c2)cc1. The van der Waals surface area contributed by atoms with E-state index < -0.39 is 6.04 Å². The fourth-order valence-electron chi connectivity index (χ4n) is 2.33. The van der Waals surface area contributed by atoms with Gasteiger partial charge in [-0.25, -0.2) is 0 Å². The number of hydrogen-bond donors (Lipinski definition) is 1. The average Bonchev–Trinajstić information content (AvgIpc) is 3.09. The summed E-state index contributed by atoms with van der Waals surface area (Å²) in [5, 5.41) is 15.7. The van der Waals surface area contributed by atoms with Gasteiger partial charge in [-0.3, -0.25) is 9.89 Å². The molecule has 0 saturated carbocycles. The molecule has 1 aromatic heterocycles. The highest BCUT2D eigenvalue weighted by Gasteiger charge is 2.27. The Labute approximate surface area is 121 Å². The highest BCUT2D eigenvalue weighted by molar-refractivity contribution is 5.95. The van der Waals surface area contributed by atoms with Gasteiger partial charge in [0.1, 0.15) is 6.04 Å². The van der Waals surface area contributed by atoms with Crippen LogP contribution in [0.1, 0.15) is 10.4 Å². The molecule has 1 atom stereocenters. The summed E-state index contributed by atoms with van der Waals surface area (Å²) in [6.45, 7) is 1.19. The van der Waals surface area contributed by atoms with Crippen molar-refractivity contribution in [1.29, 1.82) is 5.26 Å². The van der Waals surface area contributed by atoms with Gasteiger partial charge in [0.2, 0.25) is 0 Å². The lowest BCUT2D eigenvalue weighted by Crippen LogP contribution is -2.47. The van der Waals surface area contributed by atoms with Crippen LogP contribution in [0.25, 0.3) is 11.1 Å². The topological polar surface area (TPSA) is 82.0 Å². The van der Waals surface area contributed by atoms with Gasteiger partial charge in [-0.1, -0.05) is 12.1 Å². The largest absolute Gasteiger partial charge is 0.376 e. The van der Waals surface area contributed by atoms with Crippen molar-refractivity contribution < 1.29 is 9.53 Å². The second-order valence-corrected chi connectivity index (χ2v) is 4.78. The molecule has 3 rings (SSSR count). The van der Waals surface area contributed by atoms with Crippen LogP contribution in [0.15, 0.2) is 36.7 Å². The van der Waals surface area contributed by atoms with Gasteiger partial charge in [0.25, 0.3) is 5.91 Å². The first-order chi connectivity index (χ1) is 10.3. The van der Waals surface area contributed by atoms with E-state index in [-0.39, 0.29) is 12.5 Å². The molecule has 0 bridgehead atoms. The zero-order valence-corrected chi connectivity index (χ0v) is 11.3. The van der Waals surface area contributed by atoms with Crippen LogP contribution in [0.3, 0.4) is 0 Å². The zero-order valence-electron chi connectivity index (χ0n) is 11.3. The predicted octanol–water partition coefficient (Wildman–Crippen LogP) is 1.44. The van der Waals surface area contributed by atoms with E-state index in [2.05, 4.69) is 16.3 Å². The molecule has 1 amide bonds. The number of carbonyl (C=O) groups is 1. The number of ether oxygens (including phenoxy) is 1. The Morgan fingerprint density at radius 2 is 2.19 bits per heavy atom. The molecule has 1 unspecified atom stereocenters. The van der Waals surface area contributed by atoms with Crippen LogP contribution >= 0.6 is 0 Å². The summed E-state index contributed by atoms with van der Waals surface area (Å²) in [6.07, 6.45) is 3.52. The molecule has 6 heteroatoms. The van der Waals surface area contributed by atoms with Crippen molar-refractivity contribution in [2.45, 2.75) is 6.04 Å². The van der Waals surface area contributed by atoms with Crippen molar-refractivity contribution in [3.8, 4) is 17.2 Å². The third-order valence-electron chi connectivity index (χ3n) is 3.50. The second-order valence-electron chi connectivity index (χ2n) is 4.78. The minimum absolute atomic E-state index is 0.136. The highest BCUT2D eigenvalue weighted by Crippen LogP contribution is 2.19. The number of amides is 1. The quantitative estimate of drug-likeness (QED) is 0.903. The summed E-state index contributed by atoms with van der Waals surface area (Å²) >= 11 is 0. The number of aromatic nitrogens is 2. The van der Waals surface area contributed by atoms with Crippen LogP contribution in [-0.2, 0) is 4.74 Å². The van der Waals surface area contributed by atoms with E-state index in [9.17, 15) is 4.79 Å². The molecule has 0 aliphatic carbocycles. The van der Waals surface area contributed by atoms with E-state index in [1.165, 1.54) is 0 Å². The van der Waals surface area contributed by atoms with Gasteiger partial charge in [0.15, 0.2) is 0 Å². The molecule has 2 heterocycles. The van der Waals surface area contributed by atoms with E-state index in [4.69, 9.17) is 10.00 Å². The lowest BCUT2D eigenvalue weighted by molar-refractivity contribution is 0.0132. The zero-order chi connectivity index (χ0) is 14.7. The maximum absolute atomic E-state index is 12.5. The smallest absolute Gasteiger partial charge is 0.255 e. The normalized spacial score (nSPS) is 18.2. The van der Waals surface area contributed by atoms with E-state index in [0.717, 1.165) is 11.1 Å². The Morgan fingerprint density at radius 3 is 2.86 bits per heavy atom. The van der Waals surface area contributed by atoms with Crippen LogP contribution in [0.5, 0.6) is 0 Å². The summed E-state index contributed by atoms with van der Waals surface area (Å²) in [4.78, 5) is 14.0. The predicted molar refractivity (Wildman–Crippen MR) is 75.3 cm³/mol. The van der Waals surface area contributed by atoms with E-state index in [0.29, 0.717) is 18.7 Å². The Bertz CT molecular complexity index is 658. The fourth-order valence-corrected chi connectivity index (χ4v) is 2.33. The van der Waals surface area contributed by atoms with Crippen molar-refractivity contribution in [1.82, 2.24) is 15.1 Å². The first kappa shape index (κ1) is 13.3. The monoisotopic (exact) mass is 282 g/mol. The molecule has 0 spiro atoms. The Kier molecular flexibility index (Phi) is 3.67. The minimum atomic E-state index is -0.514. The fraction of sp³-hybridized carbons (Fsp3) is 0.267. The summed E-state index contributed by atoms with van der Waals surface area (Å²) in [7, 11) is 0. The third kappa shape index (κ3) is 2.64. The molecule has 1 aromatic carbocycles. The number of aromatic amines is 1. The number of nitrogens with one attached hydrogen (secondary N) is 1. The molecule has 2 aromatic rings. The first-order valence-corrected chi connectivity index (χ1v) is 6.67. The average molecular weight is 282 g/mol. The number of nitriles is 1. The van der Waals surface area contributed by atoms with E-state index in [1.807, 2.05) is 12.1 Å². The molecule has 1 aliphatic rings. The lowest BCUT2D eigenvalue weighted by Gasteiger charge is -2.31. The molecule has 1 N–H and O–H groups in total. The van der Waals surface area contributed by atoms with Crippen LogP contribution in [0.4, 0.5) is 0 Å². The molecule has 106 valence electrons. The Hall–Kier alpha value is -2.65. The number of nitrogens with zero attached hydrogens (tertiary/aromatic N) is 3. The molecular weight excluding hydrogens is 268 g/mol. The molecule has 0 radical (unpaired) electrons. The van der Waals surface area contributed by atoms with Gasteiger partial charge in [-0.15, -0.1) is 0 Å². The van der Waals surface area contributed by atoms with Gasteiger partial charge in [0, 0.05) is 23.9 Å². The van der Waals surface area contributed by atoms with Crippen molar-refractivity contribution in [3.63, 3.8) is 0 Å². The standard InChI is InChI=1S/C15H14N4O2/c16-7-14-10-21-6-5-19(14)15(20)12-3-1-11(2-4-12)13-8-17-18-9-13/h1-4,8-9,14H,5-6,10H2,(H,17,18). The second kappa shape index (κ2) is 5.77. The van der Waals surface area contributed by atoms with Crippen molar-refractivity contribution in [2.75, 3.05) is 19.8 Å². The Morgan fingerprint density at radius 1 is 1.38 bits per heavy atom. The molecular formula is C15H14N4O2. The van der Waals surface area contributed by atoms with Gasteiger partial charge in [0.05, 0.1) is 25.5 Å². The summed E-state index contributed by atoms with van der Waals surface area (Å²) in [5.74, 6) is -0.136. The van der Waals surface area contributed by atoms with Crippen LogP contribution in [0.2, 0.25) is 0 Å². The molecule has 21 heavy (non-hydrogen) atoms. The van der Waals surface area contributed by atoms with E-state index in [1.54, 1.807) is 29.4 Å². The summed E-state index contributed by atoms with van der Waals surface area (Å²) in [5.41, 5.74) is 2.53. The molecule has 1 aliphatic heterocycles. The van der Waals surface area contributed by atoms with Crippen LogP contribution < -0.4 is 0 Å². The summed E-state index contributed by atoms with van der Waals surface area (Å²) < 4.78 is 5.23. The van der Waals surface area contributed by atoms with Crippen LogP contribution in [-0.4, -0.2) is 46.8 Å². The number of carbonyl (C=O) groups excluding carboxylic acids is 1. The number of benzene rings is 1. The van der Waals surface area contributed by atoms with E-state index >= 15 is 0 Å². The highest BCUT2D eigenvalue weighted by atomic mass is 16.5. The third-order valence-corrected chi connectivity index (χ3v) is 3.50. The number of hydrogen-bond acceptors (Lipinski definition) is 4. The first-order valence-electron chi connectivity index (χ1n) is 6.67. The number of H-pyrrole nitrogens is 1. The number of morpholine rings is 1. The maximum atomic E-state index is 12.5.